The number of rotatable bonds is 3. The van der Waals surface area contributed by atoms with Crippen LogP contribution in [0.15, 0.2) is 18.2 Å². The number of anilines is 1. The lowest BCUT2D eigenvalue weighted by atomic mass is 10.1. The van der Waals surface area contributed by atoms with Gasteiger partial charge in [0.05, 0.1) is 13.7 Å². The van der Waals surface area contributed by atoms with Gasteiger partial charge < -0.3 is 10.1 Å². The lowest BCUT2D eigenvalue weighted by Gasteiger charge is -2.12. The topological polar surface area (TPSA) is 21.3 Å². The van der Waals surface area contributed by atoms with Crippen molar-refractivity contribution in [2.75, 3.05) is 19.0 Å². The summed E-state index contributed by atoms with van der Waals surface area (Å²) in [4.78, 5) is 0. The average molecular weight is 209 g/mol. The van der Waals surface area contributed by atoms with Gasteiger partial charge in [0.15, 0.2) is 5.05 Å². The molecule has 0 bridgehead atoms. The van der Waals surface area contributed by atoms with E-state index in [0.29, 0.717) is 11.6 Å². The molecule has 1 aromatic rings. The molecular weight excluding hydrogens is 194 g/mol. The van der Waals surface area contributed by atoms with Crippen molar-refractivity contribution in [3.8, 4) is 0 Å². The lowest BCUT2D eigenvalue weighted by Crippen LogP contribution is -2.14. The van der Waals surface area contributed by atoms with E-state index >= 15 is 0 Å². The third kappa shape index (κ3) is 2.70. The van der Waals surface area contributed by atoms with Crippen molar-refractivity contribution in [2.24, 2.45) is 0 Å². The van der Waals surface area contributed by atoms with E-state index in [1.807, 2.05) is 6.07 Å². The number of hydrogen-bond acceptors (Lipinski definition) is 3. The number of aryl methyl sites for hydroxylation is 2. The number of hydrogen-bond donors (Lipinski definition) is 1. The number of benzene rings is 1. The van der Waals surface area contributed by atoms with Gasteiger partial charge in [-0.05, 0) is 37.2 Å². The van der Waals surface area contributed by atoms with E-state index < -0.39 is 0 Å². The van der Waals surface area contributed by atoms with Gasteiger partial charge >= 0.3 is 0 Å². The number of ether oxygens (including phenoxy) is 1. The lowest BCUT2D eigenvalue weighted by molar-refractivity contribution is 0.409. The predicted octanol–water partition coefficient (Wildman–Crippen LogP) is 2.69. The molecule has 0 aliphatic rings. The molecule has 14 heavy (non-hydrogen) atoms. The minimum atomic E-state index is 0.577. The maximum absolute atomic E-state index is 4.96. The second-order valence-corrected chi connectivity index (χ2v) is 3.65. The molecule has 76 valence electrons. The van der Waals surface area contributed by atoms with Crippen LogP contribution in [0.2, 0.25) is 0 Å². The highest BCUT2D eigenvalue weighted by Crippen LogP contribution is 2.18. The molecular formula is C11H15NOS. The van der Waals surface area contributed by atoms with Gasteiger partial charge in [0.2, 0.25) is 0 Å². The van der Waals surface area contributed by atoms with Gasteiger partial charge in [0, 0.05) is 5.69 Å². The zero-order valence-electron chi connectivity index (χ0n) is 8.76. The molecule has 0 amide bonds. The summed E-state index contributed by atoms with van der Waals surface area (Å²) in [6.45, 7) is 4.73. The molecule has 1 N–H and O–H groups in total. The molecule has 0 atom stereocenters. The van der Waals surface area contributed by atoms with Crippen LogP contribution in [-0.2, 0) is 4.74 Å². The molecule has 0 saturated carbocycles. The van der Waals surface area contributed by atoms with Crippen molar-refractivity contribution >= 4 is 23.0 Å². The smallest absolute Gasteiger partial charge is 0.178 e. The second kappa shape index (κ2) is 4.96. The molecule has 0 fully saturated rings. The van der Waals surface area contributed by atoms with Crippen molar-refractivity contribution in [3.63, 3.8) is 0 Å². The summed E-state index contributed by atoms with van der Waals surface area (Å²) < 4.78 is 4.92. The van der Waals surface area contributed by atoms with Crippen LogP contribution in [0.25, 0.3) is 0 Å². The third-order valence-electron chi connectivity index (χ3n) is 2.12. The van der Waals surface area contributed by atoms with Crippen molar-refractivity contribution in [1.29, 1.82) is 0 Å². The first-order chi connectivity index (χ1) is 6.65. The molecule has 0 unspecified atom stereocenters. The van der Waals surface area contributed by atoms with Gasteiger partial charge in [-0.1, -0.05) is 18.2 Å². The minimum absolute atomic E-state index is 0.577. The van der Waals surface area contributed by atoms with Crippen LogP contribution in [0.3, 0.4) is 0 Å². The first-order valence-corrected chi connectivity index (χ1v) is 4.93. The molecule has 0 radical (unpaired) electrons. The maximum atomic E-state index is 4.96. The van der Waals surface area contributed by atoms with Gasteiger partial charge in [0.1, 0.15) is 0 Å². The monoisotopic (exact) mass is 209 g/mol. The summed E-state index contributed by atoms with van der Waals surface area (Å²) in [6.07, 6.45) is 0. The molecule has 3 heteroatoms. The summed E-state index contributed by atoms with van der Waals surface area (Å²) in [5, 5.41) is 3.84. The summed E-state index contributed by atoms with van der Waals surface area (Å²) in [5.41, 5.74) is 3.60. The SMILES string of the molecule is COC(=S)CNc1c(C)cccc1C. The fraction of sp³-hybridized carbons (Fsp3) is 0.364. The Balaban J connectivity index is 2.71. The standard InChI is InChI=1S/C11H15NOS/c1-8-5-4-6-9(2)11(8)12-7-10(14)13-3/h4-6,12H,7H2,1-3H3. The highest BCUT2D eigenvalue weighted by Gasteiger charge is 2.01. The summed E-state index contributed by atoms with van der Waals surface area (Å²) >= 11 is 4.96. The highest BCUT2D eigenvalue weighted by molar-refractivity contribution is 7.80. The Bertz CT molecular complexity index is 316. The van der Waals surface area contributed by atoms with E-state index in [1.54, 1.807) is 7.11 Å². The van der Waals surface area contributed by atoms with Gasteiger partial charge in [-0.15, -0.1) is 0 Å². The van der Waals surface area contributed by atoms with Crippen molar-refractivity contribution in [3.05, 3.63) is 29.3 Å². The molecule has 0 aromatic heterocycles. The van der Waals surface area contributed by atoms with Crippen molar-refractivity contribution in [1.82, 2.24) is 0 Å². The zero-order valence-corrected chi connectivity index (χ0v) is 9.57. The normalized spacial score (nSPS) is 9.64. The largest absolute Gasteiger partial charge is 0.488 e. The third-order valence-corrected chi connectivity index (χ3v) is 2.43. The predicted molar refractivity (Wildman–Crippen MR) is 64.0 cm³/mol. The minimum Gasteiger partial charge on any atom is -0.488 e. The summed E-state index contributed by atoms with van der Waals surface area (Å²) in [5.74, 6) is 0. The van der Waals surface area contributed by atoms with Gasteiger partial charge in [0.25, 0.3) is 0 Å². The van der Waals surface area contributed by atoms with Crippen LogP contribution in [0.5, 0.6) is 0 Å². The fourth-order valence-corrected chi connectivity index (χ4v) is 1.40. The first kappa shape index (κ1) is 11.0. The molecule has 2 nitrogen and oxygen atoms in total. The van der Waals surface area contributed by atoms with Gasteiger partial charge in [-0.2, -0.15) is 0 Å². The molecule has 0 heterocycles. The Hall–Kier alpha value is -1.09. The molecule has 0 aliphatic heterocycles. The Morgan fingerprint density at radius 1 is 1.36 bits per heavy atom. The van der Waals surface area contributed by atoms with E-state index in [-0.39, 0.29) is 0 Å². The number of methoxy groups -OCH3 is 1. The second-order valence-electron chi connectivity index (χ2n) is 3.20. The van der Waals surface area contributed by atoms with E-state index in [9.17, 15) is 0 Å². The fourth-order valence-electron chi connectivity index (χ4n) is 1.33. The van der Waals surface area contributed by atoms with Gasteiger partial charge in [-0.25, -0.2) is 0 Å². The first-order valence-electron chi connectivity index (χ1n) is 4.52. The van der Waals surface area contributed by atoms with Crippen LogP contribution in [0.1, 0.15) is 11.1 Å². The summed E-state index contributed by atoms with van der Waals surface area (Å²) in [7, 11) is 1.59. The van der Waals surface area contributed by atoms with Crippen LogP contribution in [-0.4, -0.2) is 18.7 Å². The highest BCUT2D eigenvalue weighted by atomic mass is 32.1. The van der Waals surface area contributed by atoms with Crippen molar-refractivity contribution < 1.29 is 4.74 Å². The molecule has 1 aromatic carbocycles. The number of nitrogens with one attached hydrogen (secondary N) is 1. The Morgan fingerprint density at radius 2 is 1.93 bits per heavy atom. The van der Waals surface area contributed by atoms with Crippen LogP contribution >= 0.6 is 12.2 Å². The van der Waals surface area contributed by atoms with E-state index in [0.717, 1.165) is 5.69 Å². The molecule has 0 spiro atoms. The molecule has 1 rings (SSSR count). The van der Waals surface area contributed by atoms with Crippen molar-refractivity contribution in [2.45, 2.75) is 13.8 Å². The number of para-hydroxylation sites is 1. The van der Waals surface area contributed by atoms with Gasteiger partial charge in [-0.3, -0.25) is 0 Å². The van der Waals surface area contributed by atoms with Crippen LogP contribution in [0.4, 0.5) is 5.69 Å². The molecule has 0 aliphatic carbocycles. The average Bonchev–Trinajstić information content (AvgIpc) is 2.16. The van der Waals surface area contributed by atoms with E-state index in [4.69, 9.17) is 17.0 Å². The van der Waals surface area contributed by atoms with E-state index in [1.165, 1.54) is 11.1 Å². The maximum Gasteiger partial charge on any atom is 0.178 e. The van der Waals surface area contributed by atoms with E-state index in [2.05, 4.69) is 31.3 Å². The molecule has 0 saturated heterocycles. The zero-order chi connectivity index (χ0) is 10.6. The quantitative estimate of drug-likeness (QED) is 0.773. The Morgan fingerprint density at radius 3 is 2.43 bits per heavy atom. The number of thiocarbonyl (C=S) groups is 1. The van der Waals surface area contributed by atoms with Crippen LogP contribution in [0, 0.1) is 13.8 Å². The summed E-state index contributed by atoms with van der Waals surface area (Å²) in [6, 6.07) is 6.20. The Labute approximate surface area is 90.3 Å². The van der Waals surface area contributed by atoms with Crippen LogP contribution < -0.4 is 5.32 Å². The Kier molecular flexibility index (Phi) is 3.89.